The molecule has 0 aromatic heterocycles. The van der Waals surface area contributed by atoms with Gasteiger partial charge in [-0.2, -0.15) is 0 Å². The summed E-state index contributed by atoms with van der Waals surface area (Å²) in [6.07, 6.45) is 2.71. The van der Waals surface area contributed by atoms with Crippen LogP contribution in [0, 0.1) is 5.82 Å². The molecule has 2 rings (SSSR count). The second kappa shape index (κ2) is 5.80. The van der Waals surface area contributed by atoms with Gasteiger partial charge in [0.15, 0.2) is 0 Å². The van der Waals surface area contributed by atoms with Gasteiger partial charge in [0.2, 0.25) is 0 Å². The van der Waals surface area contributed by atoms with E-state index in [-0.39, 0.29) is 12.4 Å². The van der Waals surface area contributed by atoms with Crippen molar-refractivity contribution in [3.8, 4) is 0 Å². The summed E-state index contributed by atoms with van der Waals surface area (Å²) in [6.45, 7) is 0.104. The van der Waals surface area contributed by atoms with Gasteiger partial charge in [0.1, 0.15) is 18.6 Å². The van der Waals surface area contributed by atoms with Crippen molar-refractivity contribution in [2.45, 2.75) is 6.61 Å². The molecule has 0 fully saturated rings. The van der Waals surface area contributed by atoms with Crippen molar-refractivity contribution in [2.75, 3.05) is 0 Å². The van der Waals surface area contributed by atoms with Crippen molar-refractivity contribution in [3.05, 3.63) is 71.5 Å². The summed E-state index contributed by atoms with van der Waals surface area (Å²) in [5.74, 6) is -0.289. The molecule has 0 aliphatic rings. The van der Waals surface area contributed by atoms with Gasteiger partial charge in [-0.05, 0) is 6.07 Å². The van der Waals surface area contributed by atoms with Crippen LogP contribution < -0.4 is 0 Å². The predicted octanol–water partition coefficient (Wildman–Crippen LogP) is 3.25. The van der Waals surface area contributed by atoms with Crippen molar-refractivity contribution in [2.24, 2.45) is 5.16 Å². The third kappa shape index (κ3) is 3.41. The maximum Gasteiger partial charge on any atom is 0.145 e. The fourth-order valence-electron chi connectivity index (χ4n) is 1.31. The fraction of sp³-hybridized carbons (Fsp3) is 0.0714. The molecule has 17 heavy (non-hydrogen) atoms. The molecule has 0 unspecified atom stereocenters. The monoisotopic (exact) mass is 228 g/mol. The lowest BCUT2D eigenvalue weighted by atomic mass is 10.2. The molecular weight excluding hydrogens is 217 g/mol. The molecule has 0 amide bonds. The first-order valence-corrected chi connectivity index (χ1v) is 5.23. The van der Waals surface area contributed by atoms with Gasteiger partial charge >= 0.3 is 0 Å². The fourth-order valence-corrected chi connectivity index (χ4v) is 1.31. The van der Waals surface area contributed by atoms with Gasteiger partial charge in [-0.15, -0.1) is 0 Å². The molecule has 0 bridgehead atoms. The molecule has 0 saturated heterocycles. The van der Waals surface area contributed by atoms with Crippen LogP contribution in [0.15, 0.2) is 59.8 Å². The van der Waals surface area contributed by atoms with Gasteiger partial charge in [-0.25, -0.2) is 4.39 Å². The van der Waals surface area contributed by atoms with Crippen LogP contribution in [0.3, 0.4) is 0 Å². The molecule has 0 aliphatic heterocycles. The number of nitrogens with zero attached hydrogens (tertiary/aromatic N) is 1. The first kappa shape index (κ1) is 11.3. The molecule has 0 heterocycles. The molecule has 1 radical (unpaired) electrons. The normalized spacial score (nSPS) is 10.6. The molecule has 0 atom stereocenters. The topological polar surface area (TPSA) is 21.6 Å². The van der Waals surface area contributed by atoms with Crippen LogP contribution in [0.1, 0.15) is 11.1 Å². The number of hydrogen-bond donors (Lipinski definition) is 0. The highest BCUT2D eigenvalue weighted by Crippen LogP contribution is 2.07. The van der Waals surface area contributed by atoms with E-state index >= 15 is 0 Å². The zero-order valence-corrected chi connectivity index (χ0v) is 9.14. The van der Waals surface area contributed by atoms with Crippen molar-refractivity contribution in [1.82, 2.24) is 0 Å². The molecule has 2 aromatic carbocycles. The van der Waals surface area contributed by atoms with Crippen LogP contribution in [-0.2, 0) is 11.4 Å². The Bertz CT molecular complexity index is 497. The van der Waals surface area contributed by atoms with Gasteiger partial charge in [-0.3, -0.25) is 0 Å². The SMILES string of the molecule is Fc1ccccc1CO/N=[C]\c1ccccc1. The smallest absolute Gasteiger partial charge is 0.145 e. The van der Waals surface area contributed by atoms with E-state index in [2.05, 4.69) is 11.4 Å². The Balaban J connectivity index is 1.88. The molecule has 2 nitrogen and oxygen atoms in total. The Labute approximate surface area is 99.3 Å². The first-order valence-electron chi connectivity index (χ1n) is 5.23. The Morgan fingerprint density at radius 3 is 2.47 bits per heavy atom. The second-order valence-corrected chi connectivity index (χ2v) is 3.43. The molecule has 0 spiro atoms. The minimum absolute atomic E-state index is 0.104. The summed E-state index contributed by atoms with van der Waals surface area (Å²) < 4.78 is 13.2. The Hall–Kier alpha value is -2.16. The largest absolute Gasteiger partial charge is 0.390 e. The van der Waals surface area contributed by atoms with Gasteiger partial charge in [-0.1, -0.05) is 53.7 Å². The van der Waals surface area contributed by atoms with Gasteiger partial charge in [0.25, 0.3) is 0 Å². The average Bonchev–Trinajstić information content (AvgIpc) is 2.38. The average molecular weight is 228 g/mol. The van der Waals surface area contributed by atoms with E-state index in [9.17, 15) is 4.39 Å². The van der Waals surface area contributed by atoms with Gasteiger partial charge in [0, 0.05) is 11.1 Å². The first-order chi connectivity index (χ1) is 8.36. The summed E-state index contributed by atoms with van der Waals surface area (Å²) in [5.41, 5.74) is 1.30. The van der Waals surface area contributed by atoms with E-state index in [1.807, 2.05) is 30.3 Å². The van der Waals surface area contributed by atoms with Gasteiger partial charge in [0.05, 0.1) is 0 Å². The van der Waals surface area contributed by atoms with Crippen molar-refractivity contribution < 1.29 is 9.23 Å². The lowest BCUT2D eigenvalue weighted by Gasteiger charge is -2.00. The van der Waals surface area contributed by atoms with Crippen LogP contribution >= 0.6 is 0 Å². The summed E-state index contributed by atoms with van der Waals surface area (Å²) in [5, 5.41) is 3.66. The van der Waals surface area contributed by atoms with Gasteiger partial charge < -0.3 is 4.84 Å². The Kier molecular flexibility index (Phi) is 3.86. The van der Waals surface area contributed by atoms with Crippen LogP contribution in [0.25, 0.3) is 0 Å². The van der Waals surface area contributed by atoms with E-state index in [0.717, 1.165) is 5.56 Å². The molecule has 0 N–H and O–H groups in total. The standard InChI is InChI=1S/C14H11FNO/c15-14-9-5-4-8-13(14)11-17-16-10-12-6-2-1-3-7-12/h1-9H,11H2. The lowest BCUT2D eigenvalue weighted by Crippen LogP contribution is -1.91. The second-order valence-electron chi connectivity index (χ2n) is 3.43. The summed E-state index contributed by atoms with van der Waals surface area (Å²) in [6, 6.07) is 15.8. The molecule has 0 aliphatic carbocycles. The summed E-state index contributed by atoms with van der Waals surface area (Å²) in [7, 11) is 0. The van der Waals surface area contributed by atoms with Crippen LogP contribution in [0.4, 0.5) is 4.39 Å². The number of rotatable bonds is 4. The van der Waals surface area contributed by atoms with E-state index in [1.54, 1.807) is 18.2 Å². The Morgan fingerprint density at radius 2 is 1.71 bits per heavy atom. The minimum Gasteiger partial charge on any atom is -0.390 e. The van der Waals surface area contributed by atoms with Crippen molar-refractivity contribution in [3.63, 3.8) is 0 Å². The number of halogens is 1. The molecule has 0 saturated carbocycles. The highest BCUT2D eigenvalue weighted by molar-refractivity contribution is 5.78. The highest BCUT2D eigenvalue weighted by atomic mass is 19.1. The maximum absolute atomic E-state index is 13.2. The molecule has 85 valence electrons. The third-order valence-electron chi connectivity index (χ3n) is 2.19. The van der Waals surface area contributed by atoms with Crippen LogP contribution in [0.5, 0.6) is 0 Å². The Morgan fingerprint density at radius 1 is 1.00 bits per heavy atom. The van der Waals surface area contributed by atoms with E-state index in [1.165, 1.54) is 6.07 Å². The van der Waals surface area contributed by atoms with Crippen molar-refractivity contribution >= 4 is 6.21 Å². The molecular formula is C14H11FNO. The third-order valence-corrected chi connectivity index (χ3v) is 2.19. The number of hydrogen-bond acceptors (Lipinski definition) is 2. The highest BCUT2D eigenvalue weighted by Gasteiger charge is 1.99. The zero-order chi connectivity index (χ0) is 11.9. The van der Waals surface area contributed by atoms with E-state index in [4.69, 9.17) is 4.84 Å². The summed E-state index contributed by atoms with van der Waals surface area (Å²) >= 11 is 0. The predicted molar refractivity (Wildman–Crippen MR) is 64.2 cm³/mol. The lowest BCUT2D eigenvalue weighted by molar-refractivity contribution is 0.129. The van der Waals surface area contributed by atoms with Crippen LogP contribution in [-0.4, -0.2) is 6.21 Å². The van der Waals surface area contributed by atoms with E-state index < -0.39 is 0 Å². The van der Waals surface area contributed by atoms with E-state index in [0.29, 0.717) is 5.56 Å². The van der Waals surface area contributed by atoms with Crippen molar-refractivity contribution in [1.29, 1.82) is 0 Å². The van der Waals surface area contributed by atoms with Crippen LogP contribution in [0.2, 0.25) is 0 Å². The maximum atomic E-state index is 13.2. The quantitative estimate of drug-likeness (QED) is 0.581. The zero-order valence-electron chi connectivity index (χ0n) is 9.14. The molecule has 2 aromatic rings. The number of benzene rings is 2. The minimum atomic E-state index is -0.289. The molecule has 3 heteroatoms. The summed E-state index contributed by atoms with van der Waals surface area (Å²) in [4.78, 5) is 4.98.